The first-order valence-electron chi connectivity index (χ1n) is 33.8. The molecule has 0 aliphatic carbocycles. The van der Waals surface area contributed by atoms with Gasteiger partial charge in [-0.2, -0.15) is 37.0 Å². The third kappa shape index (κ3) is 33.5. The van der Waals surface area contributed by atoms with Crippen LogP contribution >= 0.6 is 37.0 Å². The van der Waals surface area contributed by atoms with E-state index in [1.54, 1.807) is 32.2 Å². The number of nitrogens with zero attached hydrogens (tertiary/aromatic N) is 1. The van der Waals surface area contributed by atoms with Gasteiger partial charge in [0.15, 0.2) is 0 Å². The van der Waals surface area contributed by atoms with Crippen LogP contribution in [0.15, 0.2) is 24.3 Å². The average molecular weight is 1570 g/mol. The molecule has 1 fully saturated rings. The number of thiol groups is 2. The minimum Gasteiger partial charge on any atom is -0.508 e. The van der Waals surface area contributed by atoms with Gasteiger partial charge in [0.05, 0.1) is 25.6 Å². The summed E-state index contributed by atoms with van der Waals surface area (Å²) in [5, 5.41) is 68.5. The summed E-state index contributed by atoms with van der Waals surface area (Å²) < 4.78 is 0. The summed E-state index contributed by atoms with van der Waals surface area (Å²) in [5.41, 5.74) is 17.3. The van der Waals surface area contributed by atoms with E-state index in [1.807, 2.05) is 0 Å². The number of nitrogens with two attached hydrogens (primary N) is 3. The molecule has 1 aliphatic heterocycles. The van der Waals surface area contributed by atoms with Crippen LogP contribution in [0.25, 0.3) is 0 Å². The van der Waals surface area contributed by atoms with Crippen molar-refractivity contribution in [3.63, 3.8) is 0 Å². The summed E-state index contributed by atoms with van der Waals surface area (Å²) in [5.74, 6) is -22.0. The third-order valence-corrected chi connectivity index (χ3v) is 17.6. The number of nitrogens with one attached hydrogen (secondary N) is 13. The molecule has 0 spiro atoms. The Kier molecular flexibility index (Phi) is 40.7. The fourth-order valence-electron chi connectivity index (χ4n) is 10.2. The van der Waals surface area contributed by atoms with E-state index in [2.05, 4.69) is 94.4 Å². The van der Waals surface area contributed by atoms with Gasteiger partial charge in [-0.1, -0.05) is 39.8 Å². The molecular formula is C64H99N17O23S3. The zero-order valence-electron chi connectivity index (χ0n) is 60.0. The number of hydrogen-bond acceptors (Lipinski definition) is 24. The van der Waals surface area contributed by atoms with Crippen molar-refractivity contribution in [2.75, 3.05) is 43.1 Å². The molecule has 23 N–H and O–H groups in total. The highest BCUT2D eigenvalue weighted by molar-refractivity contribution is 7.98. The van der Waals surface area contributed by atoms with Gasteiger partial charge in [0, 0.05) is 37.3 Å². The number of carbonyl (C=O) groups excluding carboxylic acids is 16. The molecule has 1 aromatic rings. The molecule has 0 bridgehead atoms. The number of aromatic hydroxyl groups is 1. The van der Waals surface area contributed by atoms with Crippen molar-refractivity contribution in [3.05, 3.63) is 29.8 Å². The van der Waals surface area contributed by atoms with Crippen LogP contribution in [0.3, 0.4) is 0 Å². The van der Waals surface area contributed by atoms with Gasteiger partial charge in [-0.25, -0.2) is 4.79 Å². The number of hydrogen-bond donors (Lipinski definition) is 22. The molecule has 0 saturated carbocycles. The van der Waals surface area contributed by atoms with Crippen molar-refractivity contribution < 1.29 is 112 Å². The lowest BCUT2D eigenvalue weighted by Gasteiger charge is -2.32. The molecule has 0 radical (unpaired) electrons. The van der Waals surface area contributed by atoms with E-state index in [0.717, 1.165) is 6.92 Å². The van der Waals surface area contributed by atoms with Gasteiger partial charge in [0.2, 0.25) is 94.5 Å². The number of thioether (sulfide) groups is 1. The number of aliphatic carboxylic acids is 3. The van der Waals surface area contributed by atoms with E-state index in [-0.39, 0.29) is 56.6 Å². The fourth-order valence-corrected chi connectivity index (χ4v) is 11.2. The van der Waals surface area contributed by atoms with Gasteiger partial charge >= 0.3 is 17.9 Å². The van der Waals surface area contributed by atoms with Crippen LogP contribution in [0.2, 0.25) is 0 Å². The van der Waals surface area contributed by atoms with Crippen molar-refractivity contribution in [1.82, 2.24) is 74.0 Å². The van der Waals surface area contributed by atoms with Gasteiger partial charge in [-0.15, -0.1) is 0 Å². The number of phenols is 1. The highest BCUT2D eigenvalue weighted by Crippen LogP contribution is 2.22. The Hall–Kier alpha value is -10.0. The zero-order chi connectivity index (χ0) is 81.1. The van der Waals surface area contributed by atoms with Crippen molar-refractivity contribution in [2.45, 2.75) is 191 Å². The van der Waals surface area contributed by atoms with Crippen LogP contribution in [0.1, 0.15) is 111 Å². The SMILES string of the molecule is CSCC[C@H](NC(=O)[C@@H]1CCCN1C(=O)[C@@H](NC(=O)[C@H](CCC(N)=O)NC(=O)CNC(=O)[C@@H](N)Cc1ccc(O)cc1)C(C)C)C(=O)N[C@@H](CS)C(=O)N[C@@H](CC(=O)O)C(=O)N[C@@H](C)C(=O)NCC(=O)N[C@@H](CCC(=O)O)C(=O)N[C@@H](CCC(N)=O)C(=O)N[C@@H](CS)C(=O)N[C@@H](C)C(=O)N[C@H](C(=O)O)C(C)C. The molecule has 107 heavy (non-hydrogen) atoms. The van der Waals surface area contributed by atoms with Crippen molar-refractivity contribution >= 4 is 149 Å². The van der Waals surface area contributed by atoms with Crippen LogP contribution in [0, 0.1) is 11.8 Å². The number of carboxylic acid groups (broad SMARTS) is 3. The van der Waals surface area contributed by atoms with Crippen LogP contribution in [0.4, 0.5) is 0 Å². The van der Waals surface area contributed by atoms with Gasteiger partial charge in [0.25, 0.3) is 0 Å². The summed E-state index contributed by atoms with van der Waals surface area (Å²) in [7, 11) is 0. The van der Waals surface area contributed by atoms with Crippen molar-refractivity contribution in [3.8, 4) is 5.75 Å². The molecule has 16 amide bonds. The van der Waals surface area contributed by atoms with Crippen LogP contribution in [-0.4, -0.2) is 259 Å². The Labute approximate surface area is 630 Å². The first-order valence-corrected chi connectivity index (χ1v) is 36.5. The zero-order valence-corrected chi connectivity index (χ0v) is 62.6. The monoisotopic (exact) mass is 1570 g/mol. The summed E-state index contributed by atoms with van der Waals surface area (Å²) in [6.07, 6.45) is -2.21. The second-order valence-electron chi connectivity index (χ2n) is 25.6. The highest BCUT2D eigenvalue weighted by Gasteiger charge is 2.42. The number of carbonyl (C=O) groups is 19. The first kappa shape index (κ1) is 93.0. The van der Waals surface area contributed by atoms with E-state index in [9.17, 15) is 112 Å². The molecular weight excluding hydrogens is 1470 g/mol. The maximum atomic E-state index is 14.4. The molecule has 596 valence electrons. The quantitative estimate of drug-likeness (QED) is 0.0270. The van der Waals surface area contributed by atoms with E-state index in [4.69, 9.17) is 17.2 Å². The van der Waals surface area contributed by atoms with E-state index < -0.39 is 260 Å². The third-order valence-electron chi connectivity index (χ3n) is 16.2. The number of primary amides is 2. The van der Waals surface area contributed by atoms with E-state index in [1.165, 1.54) is 49.6 Å². The number of phenolic OH excluding ortho intramolecular Hbond substituents is 1. The molecule has 0 unspecified atom stereocenters. The fraction of sp³-hybridized carbons (Fsp3) is 0.609. The molecule has 1 aromatic carbocycles. The minimum absolute atomic E-state index is 0.00118. The molecule has 1 saturated heterocycles. The van der Waals surface area contributed by atoms with Crippen molar-refractivity contribution in [1.29, 1.82) is 0 Å². The lowest BCUT2D eigenvalue weighted by Crippen LogP contribution is -2.61. The molecule has 0 aromatic heterocycles. The lowest BCUT2D eigenvalue weighted by molar-refractivity contribution is -0.143. The lowest BCUT2D eigenvalue weighted by atomic mass is 10.0. The Bertz CT molecular complexity index is 3370. The van der Waals surface area contributed by atoms with Gasteiger partial charge in [0.1, 0.15) is 78.3 Å². The standard InChI is InChI=1S/C64H99N17O23S3/c1-29(2)50(79-58(97)36(14-17-44(66)83)72-47(86)26-69-54(93)35(65)23-33-10-12-34(82)13-11-33)63(102)81-21-8-9-43(81)62(101)75-39(20-22-107-7)57(96)78-42(28-106)61(100)76-40(24-49(89)90)59(98)70-31(5)52(91)68-25-46(85)73-37(16-19-48(87)88)55(94)74-38(15-18-45(67)84)56(95)77-41(27-105)60(99)71-32(6)53(92)80-51(30(3)4)64(103)104/h10-13,29-32,35-43,50-51,82,105-106H,8-9,14-28,65H2,1-7H3,(H2,66,83)(H2,67,84)(H,68,91)(H,69,93)(H,70,98)(H,71,99)(H,72,86)(H,73,85)(H,74,94)(H,75,101)(H,76,100)(H,77,95)(H,78,96)(H,79,97)(H,80,92)(H,87,88)(H,89,90)(H,103,104)/t31-,32-,35-,36-,37-,38-,39-,40-,41-,42-,43-,50-,51-/m0/s1. The molecule has 1 aliphatic rings. The topological polar surface area (TPSA) is 643 Å². The maximum Gasteiger partial charge on any atom is 0.326 e. The van der Waals surface area contributed by atoms with E-state index >= 15 is 0 Å². The normalized spacial score (nSPS) is 15.8. The molecule has 1 heterocycles. The summed E-state index contributed by atoms with van der Waals surface area (Å²) >= 11 is 9.52. The number of rotatable bonds is 48. The Morgan fingerprint density at radius 1 is 0.495 bits per heavy atom. The van der Waals surface area contributed by atoms with E-state index in [0.29, 0.717) is 5.56 Å². The summed E-state index contributed by atoms with van der Waals surface area (Å²) in [6, 6.07) is -13.5. The smallest absolute Gasteiger partial charge is 0.326 e. The van der Waals surface area contributed by atoms with Crippen molar-refractivity contribution in [2.24, 2.45) is 29.0 Å². The van der Waals surface area contributed by atoms with Gasteiger partial charge < -0.3 is 112 Å². The number of benzene rings is 1. The second kappa shape index (κ2) is 46.8. The largest absolute Gasteiger partial charge is 0.508 e. The second-order valence-corrected chi connectivity index (χ2v) is 27.3. The van der Waals surface area contributed by atoms with Crippen LogP contribution in [0.5, 0.6) is 5.75 Å². The number of likely N-dealkylation sites (tertiary alicyclic amines) is 1. The van der Waals surface area contributed by atoms with Gasteiger partial charge in [-0.3, -0.25) is 86.3 Å². The van der Waals surface area contributed by atoms with Crippen LogP contribution in [-0.2, 0) is 97.5 Å². The highest BCUT2D eigenvalue weighted by atomic mass is 32.2. The average Bonchev–Trinajstić information content (AvgIpc) is 1.74. The molecule has 40 nitrogen and oxygen atoms in total. The minimum atomic E-state index is -1.96. The molecule has 2 rings (SSSR count). The van der Waals surface area contributed by atoms with Crippen LogP contribution < -0.4 is 86.3 Å². The predicted molar refractivity (Wildman–Crippen MR) is 387 cm³/mol. The number of carboxylic acids is 3. The Morgan fingerprint density at radius 2 is 0.907 bits per heavy atom. The maximum absolute atomic E-state index is 14.4. The predicted octanol–water partition coefficient (Wildman–Crippen LogP) is -7.26. The molecule has 13 atom stereocenters. The first-order chi connectivity index (χ1) is 50.1. The Balaban J connectivity index is 2.19. The summed E-state index contributed by atoms with van der Waals surface area (Å²) in [4.78, 5) is 250. The Morgan fingerprint density at radius 3 is 1.36 bits per heavy atom. The van der Waals surface area contributed by atoms with Gasteiger partial charge in [-0.05, 0) is 100 Å². The summed E-state index contributed by atoms with van der Waals surface area (Å²) in [6.45, 7) is 6.95. The molecule has 43 heteroatoms. The number of amides is 16.